The maximum Gasteiger partial charge on any atom is 0.0611 e. The van der Waals surface area contributed by atoms with E-state index in [-0.39, 0.29) is 0 Å². The van der Waals surface area contributed by atoms with Crippen LogP contribution in [0.15, 0.2) is 12.1 Å². The lowest BCUT2D eigenvalue weighted by molar-refractivity contribution is 0.193. The van der Waals surface area contributed by atoms with Gasteiger partial charge in [0.1, 0.15) is 0 Å². The maximum absolute atomic E-state index is 5.54. The van der Waals surface area contributed by atoms with Crippen molar-refractivity contribution in [3.8, 4) is 0 Å². The van der Waals surface area contributed by atoms with Gasteiger partial charge in [-0.15, -0.1) is 0 Å². The highest BCUT2D eigenvalue weighted by molar-refractivity contribution is 5.30. The molecule has 1 fully saturated rings. The molecule has 0 aromatic carbocycles. The lowest BCUT2D eigenvalue weighted by Crippen LogP contribution is -2.21. The first-order valence-corrected chi connectivity index (χ1v) is 7.25. The van der Waals surface area contributed by atoms with Gasteiger partial charge < -0.3 is 9.64 Å². The molecule has 19 heavy (non-hydrogen) atoms. The van der Waals surface area contributed by atoms with Gasteiger partial charge in [0.05, 0.1) is 12.3 Å². The van der Waals surface area contributed by atoms with Crippen molar-refractivity contribution in [3.05, 3.63) is 29.1 Å². The van der Waals surface area contributed by atoms with Crippen LogP contribution in [0.2, 0.25) is 0 Å². The monoisotopic (exact) mass is 262 g/mol. The molecule has 2 rings (SSSR count). The molecule has 0 unspecified atom stereocenters. The van der Waals surface area contributed by atoms with E-state index in [0.717, 1.165) is 19.6 Å². The minimum Gasteiger partial charge on any atom is -0.381 e. The van der Waals surface area contributed by atoms with Gasteiger partial charge in [-0.3, -0.25) is 4.98 Å². The quantitative estimate of drug-likeness (QED) is 0.832. The van der Waals surface area contributed by atoms with Crippen LogP contribution < -0.4 is 0 Å². The van der Waals surface area contributed by atoms with Crippen molar-refractivity contribution in [2.75, 3.05) is 27.3 Å². The highest BCUT2D eigenvalue weighted by Gasteiger charge is 2.25. The summed E-state index contributed by atoms with van der Waals surface area (Å²) in [5, 5.41) is 0. The second kappa shape index (κ2) is 6.02. The Bertz CT molecular complexity index is 423. The Labute approximate surface area is 117 Å². The molecule has 0 N–H and O–H groups in total. The smallest absolute Gasteiger partial charge is 0.0611 e. The van der Waals surface area contributed by atoms with Crippen LogP contribution >= 0.6 is 0 Å². The van der Waals surface area contributed by atoms with Gasteiger partial charge in [0.2, 0.25) is 0 Å². The first-order chi connectivity index (χ1) is 9.00. The van der Waals surface area contributed by atoms with Crippen LogP contribution in [0.25, 0.3) is 0 Å². The van der Waals surface area contributed by atoms with Gasteiger partial charge in [-0.25, -0.2) is 0 Å². The minimum absolute atomic E-state index is 0.342. The third kappa shape index (κ3) is 3.15. The number of rotatable bonds is 4. The first kappa shape index (κ1) is 14.5. The Morgan fingerprint density at radius 2 is 2.00 bits per heavy atom. The number of aromatic nitrogens is 1. The Morgan fingerprint density at radius 1 is 1.26 bits per heavy atom. The Balaban J connectivity index is 2.40. The summed E-state index contributed by atoms with van der Waals surface area (Å²) < 4.78 is 5.54. The molecule has 1 saturated heterocycles. The predicted octanol–water partition coefficient (Wildman–Crippen LogP) is 3.33. The molecule has 1 aliphatic rings. The van der Waals surface area contributed by atoms with Crippen molar-refractivity contribution in [1.29, 1.82) is 0 Å². The standard InChI is InChI=1S/C16H26N2O/c1-11(2)15-7-6-14(13-8-9-19-10-13)16(17-15)12(3)18(4)5/h6-7,11-13H,8-10H2,1-5H3/t12-,13+/m1/s1. The van der Waals surface area contributed by atoms with Crippen LogP contribution in [0.4, 0.5) is 0 Å². The lowest BCUT2D eigenvalue weighted by Gasteiger charge is -2.25. The van der Waals surface area contributed by atoms with Crippen LogP contribution in [0, 0.1) is 0 Å². The van der Waals surface area contributed by atoms with Crippen LogP contribution in [-0.4, -0.2) is 37.2 Å². The SMILES string of the molecule is CC(C)c1ccc([C@H]2CCOC2)c([C@@H](C)N(C)C)n1. The predicted molar refractivity (Wildman–Crippen MR) is 78.6 cm³/mol. The second-order valence-corrected chi connectivity index (χ2v) is 6.07. The summed E-state index contributed by atoms with van der Waals surface area (Å²) in [5.41, 5.74) is 3.79. The topological polar surface area (TPSA) is 25.4 Å². The van der Waals surface area contributed by atoms with Gasteiger partial charge in [0.15, 0.2) is 0 Å². The van der Waals surface area contributed by atoms with E-state index in [9.17, 15) is 0 Å². The first-order valence-electron chi connectivity index (χ1n) is 7.25. The minimum atomic E-state index is 0.342. The summed E-state index contributed by atoms with van der Waals surface area (Å²) in [6.45, 7) is 8.35. The van der Waals surface area contributed by atoms with E-state index in [1.807, 2.05) is 0 Å². The van der Waals surface area contributed by atoms with Gasteiger partial charge in [-0.2, -0.15) is 0 Å². The van der Waals surface area contributed by atoms with E-state index in [0.29, 0.717) is 17.9 Å². The summed E-state index contributed by atoms with van der Waals surface area (Å²) >= 11 is 0. The molecular weight excluding hydrogens is 236 g/mol. The molecule has 1 aromatic rings. The van der Waals surface area contributed by atoms with E-state index in [1.165, 1.54) is 17.0 Å². The molecule has 0 spiro atoms. The van der Waals surface area contributed by atoms with E-state index in [4.69, 9.17) is 9.72 Å². The Morgan fingerprint density at radius 3 is 2.53 bits per heavy atom. The van der Waals surface area contributed by atoms with Crippen molar-refractivity contribution < 1.29 is 4.74 Å². The Hall–Kier alpha value is -0.930. The zero-order valence-corrected chi connectivity index (χ0v) is 12.8. The van der Waals surface area contributed by atoms with E-state index in [2.05, 4.69) is 51.9 Å². The molecular formula is C16H26N2O. The van der Waals surface area contributed by atoms with Crippen molar-refractivity contribution in [2.45, 2.75) is 45.1 Å². The molecule has 0 bridgehead atoms. The highest BCUT2D eigenvalue weighted by atomic mass is 16.5. The van der Waals surface area contributed by atoms with Crippen LogP contribution in [0.5, 0.6) is 0 Å². The van der Waals surface area contributed by atoms with Gasteiger partial charge in [0.25, 0.3) is 0 Å². The molecule has 106 valence electrons. The van der Waals surface area contributed by atoms with E-state index in [1.54, 1.807) is 0 Å². The number of pyridine rings is 1. The molecule has 2 heterocycles. The fourth-order valence-corrected chi connectivity index (χ4v) is 2.53. The molecule has 0 amide bonds. The fraction of sp³-hybridized carbons (Fsp3) is 0.688. The number of nitrogens with zero attached hydrogens (tertiary/aromatic N) is 2. The summed E-state index contributed by atoms with van der Waals surface area (Å²) in [6.07, 6.45) is 1.12. The van der Waals surface area contributed by atoms with Crippen molar-refractivity contribution in [3.63, 3.8) is 0 Å². The van der Waals surface area contributed by atoms with Crippen LogP contribution in [-0.2, 0) is 4.74 Å². The van der Waals surface area contributed by atoms with E-state index >= 15 is 0 Å². The normalized spacial score (nSPS) is 21.3. The van der Waals surface area contributed by atoms with Crippen molar-refractivity contribution in [1.82, 2.24) is 9.88 Å². The number of hydrogen-bond acceptors (Lipinski definition) is 3. The average molecular weight is 262 g/mol. The third-order valence-corrected chi connectivity index (χ3v) is 4.11. The number of hydrogen-bond donors (Lipinski definition) is 0. The highest BCUT2D eigenvalue weighted by Crippen LogP contribution is 2.32. The second-order valence-electron chi connectivity index (χ2n) is 6.07. The summed E-state index contributed by atoms with van der Waals surface area (Å²) in [4.78, 5) is 7.17. The molecule has 0 aliphatic carbocycles. The summed E-state index contributed by atoms with van der Waals surface area (Å²) in [7, 11) is 4.23. The largest absolute Gasteiger partial charge is 0.381 e. The molecule has 3 heteroatoms. The van der Waals surface area contributed by atoms with Gasteiger partial charge in [-0.05, 0) is 45.0 Å². The summed E-state index contributed by atoms with van der Waals surface area (Å²) in [5.74, 6) is 0.994. The van der Waals surface area contributed by atoms with Crippen LogP contribution in [0.1, 0.15) is 62.0 Å². The van der Waals surface area contributed by atoms with E-state index < -0.39 is 0 Å². The molecule has 3 nitrogen and oxygen atoms in total. The number of ether oxygens (including phenoxy) is 1. The molecule has 1 aromatic heterocycles. The summed E-state index contributed by atoms with van der Waals surface area (Å²) in [6, 6.07) is 4.80. The van der Waals surface area contributed by atoms with Gasteiger partial charge in [-0.1, -0.05) is 19.9 Å². The Kier molecular flexibility index (Phi) is 4.58. The van der Waals surface area contributed by atoms with Crippen LogP contribution in [0.3, 0.4) is 0 Å². The van der Waals surface area contributed by atoms with Crippen molar-refractivity contribution in [2.24, 2.45) is 0 Å². The zero-order valence-electron chi connectivity index (χ0n) is 12.8. The maximum atomic E-state index is 5.54. The fourth-order valence-electron chi connectivity index (χ4n) is 2.53. The molecule has 1 aliphatic heterocycles. The molecule has 0 saturated carbocycles. The van der Waals surface area contributed by atoms with Gasteiger partial charge in [0, 0.05) is 24.3 Å². The van der Waals surface area contributed by atoms with Gasteiger partial charge >= 0.3 is 0 Å². The average Bonchev–Trinajstić information content (AvgIpc) is 2.90. The third-order valence-electron chi connectivity index (χ3n) is 4.11. The zero-order chi connectivity index (χ0) is 14.0. The lowest BCUT2D eigenvalue weighted by atomic mass is 9.92. The van der Waals surface area contributed by atoms with Crippen molar-refractivity contribution >= 4 is 0 Å². The molecule has 2 atom stereocenters. The molecule has 0 radical (unpaired) electrons.